The molecule has 3 fully saturated rings. The number of benzene rings is 1. The summed E-state index contributed by atoms with van der Waals surface area (Å²) in [5.74, 6) is -0.522. The number of aliphatic hydroxyl groups is 4. The highest BCUT2D eigenvalue weighted by Crippen LogP contribution is 2.37. The molecular formula is C27H41B3N2O13S3. The van der Waals surface area contributed by atoms with Gasteiger partial charge in [-0.05, 0) is 74.1 Å². The first-order valence-corrected chi connectivity index (χ1v) is 17.2. The Kier molecular flexibility index (Phi) is 11.2. The molecule has 2 heterocycles. The second kappa shape index (κ2) is 19.1. The fourth-order valence-electron chi connectivity index (χ4n) is 5.21. The van der Waals surface area contributed by atoms with Gasteiger partial charge in [0.15, 0.2) is 11.5 Å². The third kappa shape index (κ3) is 9.38. The number of oxime groups is 1. The lowest BCUT2D eigenvalue weighted by Crippen LogP contribution is -2.67. The predicted molar refractivity (Wildman–Crippen MR) is 189 cm³/mol. The Bertz CT molecular complexity index is 1500. The summed E-state index contributed by atoms with van der Waals surface area (Å²) in [4.78, 5) is 18.5. The molecule has 2 saturated heterocycles. The minimum Gasteiger partial charge on any atom is -0.458 e. The molecule has 3 aliphatic rings. The number of aliphatic hydroxyl groups excluding tert-OH is 4. The molecule has 4 rings (SSSR count). The highest BCUT2D eigenvalue weighted by molar-refractivity contribution is 7.96. The van der Waals surface area contributed by atoms with Crippen molar-refractivity contribution in [3.8, 4) is 11.5 Å². The van der Waals surface area contributed by atoms with Crippen molar-refractivity contribution in [1.29, 1.82) is 12.3 Å². The van der Waals surface area contributed by atoms with Crippen molar-refractivity contribution in [2.75, 3.05) is 37.5 Å². The summed E-state index contributed by atoms with van der Waals surface area (Å²) in [5, 5.41) is 31.3. The smallest absolute Gasteiger partial charge is 0.247 e. The van der Waals surface area contributed by atoms with Gasteiger partial charge in [-0.25, -0.2) is 0 Å². The lowest BCUT2D eigenvalue weighted by molar-refractivity contribution is -0.147. The second-order valence-corrected chi connectivity index (χ2v) is 12.6. The van der Waals surface area contributed by atoms with Gasteiger partial charge in [-0.1, -0.05) is 11.2 Å². The van der Waals surface area contributed by atoms with Gasteiger partial charge >= 0.3 is 0 Å². The van der Waals surface area contributed by atoms with Crippen LogP contribution in [0.4, 0.5) is 0 Å². The molecule has 0 bridgehead atoms. The van der Waals surface area contributed by atoms with Crippen LogP contribution in [0.3, 0.4) is 0 Å². The number of nitrogens with one attached hydrogen (secondary N) is 1. The average molecular weight is 745 g/mol. The monoisotopic (exact) mass is 745 g/mol. The van der Waals surface area contributed by atoms with E-state index in [9.17, 15) is 9.90 Å². The summed E-state index contributed by atoms with van der Waals surface area (Å²) in [7, 11) is -2.40. The van der Waals surface area contributed by atoms with E-state index in [1.165, 1.54) is 32.2 Å². The lowest BCUT2D eigenvalue weighted by Gasteiger charge is -2.43. The Morgan fingerprint density at radius 2 is 1.83 bits per heavy atom. The van der Waals surface area contributed by atoms with Crippen LogP contribution in [0.15, 0.2) is 28.9 Å². The van der Waals surface area contributed by atoms with Crippen LogP contribution < -0.4 is 14.2 Å². The molecule has 2 aliphatic heterocycles. The van der Waals surface area contributed by atoms with Crippen LogP contribution in [0, 0.1) is 0 Å². The van der Waals surface area contributed by atoms with Gasteiger partial charge in [0.2, 0.25) is 16.5 Å². The van der Waals surface area contributed by atoms with Crippen LogP contribution in [0.1, 0.15) is 12.5 Å². The third-order valence-electron chi connectivity index (χ3n) is 7.36. The van der Waals surface area contributed by atoms with Crippen molar-refractivity contribution < 1.29 is 61.6 Å². The number of fused-ring (bicyclic) bond motifs is 1. The van der Waals surface area contributed by atoms with E-state index in [0.29, 0.717) is 5.56 Å². The van der Waals surface area contributed by atoms with Crippen LogP contribution in [-0.4, -0.2) is 166 Å². The molecule has 1 aromatic rings. The lowest BCUT2D eigenvalue weighted by atomic mass is 9.83. The number of hydrogen-bond donors (Lipinski definition) is 5. The quantitative estimate of drug-likeness (QED) is 0.0257. The maximum Gasteiger partial charge on any atom is 0.247 e. The molecule has 10 atom stereocenters. The number of ether oxygens (including phenoxy) is 4. The molecule has 48 heavy (non-hydrogen) atoms. The summed E-state index contributed by atoms with van der Waals surface area (Å²) in [6, 6.07) is 3.43. The molecule has 5 N–H and O–H groups in total. The zero-order valence-electron chi connectivity index (χ0n) is 34.9. The first-order chi connectivity index (χ1) is 27.4. The fraction of sp³-hybridized carbons (Fsp3) is 0.630. The Hall–Kier alpha value is -1.62. The zero-order valence-corrected chi connectivity index (χ0v) is 28.3. The molecule has 1 aliphatic carbocycles. The Balaban J connectivity index is 1.60. The van der Waals surface area contributed by atoms with Crippen molar-refractivity contribution in [3.05, 3.63) is 29.3 Å². The van der Waals surface area contributed by atoms with Crippen molar-refractivity contribution in [3.63, 3.8) is 0 Å². The van der Waals surface area contributed by atoms with Gasteiger partial charge in [-0.3, -0.25) is 4.79 Å². The van der Waals surface area contributed by atoms with Crippen LogP contribution >= 0.6 is 36.1 Å². The number of hydrogen-bond acceptors (Lipinski definition) is 17. The van der Waals surface area contributed by atoms with E-state index in [1.807, 2.05) is 0 Å². The minimum absolute atomic E-state index is 0.0192. The van der Waals surface area contributed by atoms with E-state index in [1.54, 1.807) is 6.07 Å². The topological polar surface area (TPSA) is 196 Å². The zero-order chi connectivity index (χ0) is 41.6. The van der Waals surface area contributed by atoms with Crippen LogP contribution in [0.2, 0.25) is 0 Å². The largest absolute Gasteiger partial charge is 0.458 e. The van der Waals surface area contributed by atoms with Crippen molar-refractivity contribution in [1.82, 2.24) is 5.32 Å². The molecule has 1 saturated carbocycles. The van der Waals surface area contributed by atoms with E-state index in [0.717, 1.165) is 36.1 Å². The molecular weight excluding hydrogens is 689 g/mol. The van der Waals surface area contributed by atoms with E-state index in [2.05, 4.69) is 10.5 Å². The molecule has 1 aromatic carbocycles. The third-order valence-corrected chi connectivity index (χ3v) is 8.78. The highest BCUT2D eigenvalue weighted by atomic mass is 32.2. The molecule has 0 aromatic heterocycles. The molecule has 0 spiro atoms. The van der Waals surface area contributed by atoms with Crippen LogP contribution in [-0.2, 0) is 32.2 Å². The molecule has 21 heteroatoms. The number of amides is 1. The Morgan fingerprint density at radius 1 is 1.10 bits per heavy atom. The first-order valence-electron chi connectivity index (χ1n) is 19.2. The number of nitrogens with zero attached hydrogens (tertiary/aromatic N) is 1. The predicted octanol–water partition coefficient (Wildman–Crippen LogP) is -2.62. The van der Waals surface area contributed by atoms with Crippen molar-refractivity contribution in [2.24, 2.45) is 5.16 Å². The van der Waals surface area contributed by atoms with Crippen molar-refractivity contribution in [2.45, 2.75) is 68.1 Å². The minimum atomic E-state index is -1.37. The van der Waals surface area contributed by atoms with E-state index in [-0.39, 0.29) is 46.5 Å². The van der Waals surface area contributed by atoms with Crippen molar-refractivity contribution >= 4 is 77.1 Å². The fourth-order valence-corrected chi connectivity index (χ4v) is 6.45. The van der Waals surface area contributed by atoms with Gasteiger partial charge in [-0.15, -0.1) is 0 Å². The number of carbonyl (C=O) groups excluding carboxylic acids is 1. The normalized spacial score (nSPS) is 34.4. The van der Waals surface area contributed by atoms with E-state index in [4.69, 9.17) is 64.0 Å². The molecule has 1 unspecified atom stereocenters. The van der Waals surface area contributed by atoms with Gasteiger partial charge < -0.3 is 62.1 Å². The van der Waals surface area contributed by atoms with Gasteiger partial charge in [0.1, 0.15) is 91.8 Å². The Labute approximate surface area is 307 Å². The van der Waals surface area contributed by atoms with Gasteiger partial charge in [0.25, 0.3) is 0 Å². The van der Waals surface area contributed by atoms with Crippen LogP contribution in [0.5, 0.6) is 11.5 Å². The maximum atomic E-state index is 13.7. The van der Waals surface area contributed by atoms with E-state index < -0.39 is 97.0 Å². The van der Waals surface area contributed by atoms with E-state index >= 15 is 0 Å². The van der Waals surface area contributed by atoms with Gasteiger partial charge in [0, 0.05) is 23.3 Å². The molecule has 0 radical (unpaired) electrons. The highest BCUT2D eigenvalue weighted by Gasteiger charge is 2.55. The van der Waals surface area contributed by atoms with Gasteiger partial charge in [-0.2, -0.15) is 0 Å². The summed E-state index contributed by atoms with van der Waals surface area (Å²) in [6.07, 6.45) is -8.50. The average Bonchev–Trinajstić information content (AvgIpc) is 3.79. The Morgan fingerprint density at radius 3 is 2.54 bits per heavy atom. The van der Waals surface area contributed by atoms with Crippen LogP contribution in [0.25, 0.3) is 6.08 Å². The number of carbonyl (C=O) groups is 1. The molecule has 1 amide bonds. The number of rotatable bonds is 23. The second-order valence-electron chi connectivity index (χ2n) is 10.3. The van der Waals surface area contributed by atoms with Gasteiger partial charge in [0.05, 0.1) is 12.6 Å². The summed E-state index contributed by atoms with van der Waals surface area (Å²) < 4.78 is 109. The standard InChI is InChI=1S/C27H41B3N2O13S3/c1-12(26(37)31-17-18(34)19(35)23-25(40-11-39-23)22(17)44-47-9-29)5-13-3-4-15(16(6-13)43-46-8-28)41-27-20(36)24(45-48-10-30)21(42-27)14(7-33)32-38-2/h3-6,17-25,27,33-36H,7-11,28-30H2,1-2H3,(H,31,37)/b12-5+,32-14+/t17?,18-,19+,20-,21+,22+,23+,24-,25-,27+/m0/s1/i28TD,29TD,30TD,34T,35T,36T. The molecule has 15 nitrogen and oxygen atoms in total. The summed E-state index contributed by atoms with van der Waals surface area (Å²) in [6.45, 7) is 0.722. The SMILES string of the molecule is [2H]B([3H])CSOc1cc(/C=C(\C)C(=O)NC2[C@@H](OSCB([2H])[3H])[C@@H]3OCO[C@@H]3[C@H](O[3H])[C@H]2O[3H])ccc1O[C@@H]1O[C@H](/C(CO)=N/OC)[C@@H](OSCB([2H])[3H])[C@@H]1O[3H]. The summed E-state index contributed by atoms with van der Waals surface area (Å²) >= 11 is 2.36. The maximum absolute atomic E-state index is 13.7. The first kappa shape index (κ1) is 28.0. The molecule has 264 valence electrons. The summed E-state index contributed by atoms with van der Waals surface area (Å²) in [5.41, 5.74) is 0.410.